The van der Waals surface area contributed by atoms with E-state index in [1.807, 2.05) is 55.5 Å². The summed E-state index contributed by atoms with van der Waals surface area (Å²) in [7, 11) is 1.75. The first kappa shape index (κ1) is 18.0. The van der Waals surface area contributed by atoms with Gasteiger partial charge >= 0.3 is 0 Å². The molecule has 0 saturated heterocycles. The average molecular weight is 352 g/mol. The number of aryl methyl sites for hydroxylation is 1. The van der Waals surface area contributed by atoms with Gasteiger partial charge < -0.3 is 14.5 Å². The van der Waals surface area contributed by atoms with Crippen molar-refractivity contribution in [1.29, 1.82) is 0 Å². The Kier molecular flexibility index (Phi) is 4.72. The Morgan fingerprint density at radius 3 is 2.54 bits per heavy atom. The van der Waals surface area contributed by atoms with E-state index < -0.39 is 5.60 Å². The van der Waals surface area contributed by atoms with Crippen molar-refractivity contribution >= 4 is 23.2 Å². The fourth-order valence-corrected chi connectivity index (χ4v) is 3.07. The maximum absolute atomic E-state index is 12.8. The second-order valence-electron chi connectivity index (χ2n) is 7.08. The standard InChI is InChI=1S/C21H24N2O3/c1-15-10-11-18-17(14-15)23(20(25)21(2,3)26-18)13-12-19(24)22(4)16-8-6-5-7-9-16/h5-11,14H,12-13H2,1-4H3. The smallest absolute Gasteiger partial charge is 0.270 e. The number of nitrogens with zero attached hydrogens (tertiary/aromatic N) is 2. The van der Waals surface area contributed by atoms with E-state index in [0.717, 1.165) is 16.9 Å². The molecule has 3 rings (SSSR count). The quantitative estimate of drug-likeness (QED) is 0.845. The van der Waals surface area contributed by atoms with Crippen molar-refractivity contribution in [1.82, 2.24) is 0 Å². The van der Waals surface area contributed by atoms with E-state index in [1.54, 1.807) is 30.7 Å². The molecule has 26 heavy (non-hydrogen) atoms. The van der Waals surface area contributed by atoms with Gasteiger partial charge in [0, 0.05) is 25.7 Å². The normalized spacial score (nSPS) is 15.2. The molecule has 5 heteroatoms. The van der Waals surface area contributed by atoms with E-state index in [2.05, 4.69) is 0 Å². The summed E-state index contributed by atoms with van der Waals surface area (Å²) in [5, 5.41) is 0. The van der Waals surface area contributed by atoms with E-state index in [4.69, 9.17) is 4.74 Å². The molecular formula is C21H24N2O3. The second kappa shape index (κ2) is 6.83. The summed E-state index contributed by atoms with van der Waals surface area (Å²) in [4.78, 5) is 28.7. The zero-order chi connectivity index (χ0) is 18.9. The van der Waals surface area contributed by atoms with Gasteiger partial charge in [0.05, 0.1) is 5.69 Å². The van der Waals surface area contributed by atoms with Crippen molar-refractivity contribution in [2.24, 2.45) is 0 Å². The van der Waals surface area contributed by atoms with E-state index in [9.17, 15) is 9.59 Å². The van der Waals surface area contributed by atoms with Gasteiger partial charge in [-0.3, -0.25) is 9.59 Å². The number of hydrogen-bond acceptors (Lipinski definition) is 3. The molecule has 1 heterocycles. The minimum Gasteiger partial charge on any atom is -0.476 e. The van der Waals surface area contributed by atoms with Gasteiger partial charge in [0.1, 0.15) is 5.75 Å². The largest absolute Gasteiger partial charge is 0.476 e. The molecule has 2 amide bonds. The van der Waals surface area contributed by atoms with Gasteiger partial charge in [-0.05, 0) is 50.6 Å². The fraction of sp³-hybridized carbons (Fsp3) is 0.333. The van der Waals surface area contributed by atoms with Crippen LogP contribution in [0.5, 0.6) is 5.75 Å². The van der Waals surface area contributed by atoms with Gasteiger partial charge in [-0.25, -0.2) is 0 Å². The van der Waals surface area contributed by atoms with Crippen LogP contribution < -0.4 is 14.5 Å². The van der Waals surface area contributed by atoms with Crippen LogP contribution in [0.4, 0.5) is 11.4 Å². The molecule has 2 aromatic rings. The van der Waals surface area contributed by atoms with Gasteiger partial charge in [-0.1, -0.05) is 24.3 Å². The lowest BCUT2D eigenvalue weighted by Crippen LogP contribution is -2.53. The predicted octanol–water partition coefficient (Wildman–Crippen LogP) is 3.55. The number of ether oxygens (including phenoxy) is 1. The van der Waals surface area contributed by atoms with Crippen LogP contribution in [0.25, 0.3) is 0 Å². The highest BCUT2D eigenvalue weighted by Gasteiger charge is 2.40. The van der Waals surface area contributed by atoms with Gasteiger partial charge in [0.15, 0.2) is 5.60 Å². The van der Waals surface area contributed by atoms with Gasteiger partial charge in [-0.2, -0.15) is 0 Å². The summed E-state index contributed by atoms with van der Waals surface area (Å²) in [6, 6.07) is 15.2. The maximum atomic E-state index is 12.8. The van der Waals surface area contributed by atoms with Crippen LogP contribution in [-0.2, 0) is 9.59 Å². The first-order chi connectivity index (χ1) is 12.3. The van der Waals surface area contributed by atoms with Crippen LogP contribution in [0.2, 0.25) is 0 Å². The highest BCUT2D eigenvalue weighted by Crippen LogP contribution is 2.38. The van der Waals surface area contributed by atoms with Crippen molar-refractivity contribution in [3.63, 3.8) is 0 Å². The van der Waals surface area contributed by atoms with Crippen molar-refractivity contribution in [2.75, 3.05) is 23.4 Å². The van der Waals surface area contributed by atoms with Crippen LogP contribution in [0.15, 0.2) is 48.5 Å². The summed E-state index contributed by atoms with van der Waals surface area (Å²) in [5.41, 5.74) is 1.65. The molecule has 2 aromatic carbocycles. The number of benzene rings is 2. The molecule has 1 aliphatic heterocycles. The Morgan fingerprint density at radius 2 is 1.85 bits per heavy atom. The van der Waals surface area contributed by atoms with E-state index in [0.29, 0.717) is 12.3 Å². The molecule has 0 aromatic heterocycles. The molecule has 0 bridgehead atoms. The SMILES string of the molecule is Cc1ccc2c(c1)N(CCC(=O)N(C)c1ccccc1)C(=O)C(C)(C)O2. The third-order valence-electron chi connectivity index (χ3n) is 4.60. The molecule has 1 aliphatic rings. The number of para-hydroxylation sites is 1. The molecule has 0 fully saturated rings. The predicted molar refractivity (Wildman–Crippen MR) is 103 cm³/mol. The molecule has 0 N–H and O–H groups in total. The minimum absolute atomic E-state index is 0.0394. The molecule has 136 valence electrons. The van der Waals surface area contributed by atoms with Crippen molar-refractivity contribution in [3.8, 4) is 5.75 Å². The summed E-state index contributed by atoms with van der Waals surface area (Å²) in [5.74, 6) is 0.498. The lowest BCUT2D eigenvalue weighted by atomic mass is 10.0. The van der Waals surface area contributed by atoms with E-state index >= 15 is 0 Å². The van der Waals surface area contributed by atoms with Gasteiger partial charge in [-0.15, -0.1) is 0 Å². The second-order valence-corrected chi connectivity index (χ2v) is 7.08. The topological polar surface area (TPSA) is 49.9 Å². The van der Waals surface area contributed by atoms with Crippen LogP contribution in [0.1, 0.15) is 25.8 Å². The molecule has 0 saturated carbocycles. The molecular weight excluding hydrogens is 328 g/mol. The number of carbonyl (C=O) groups excluding carboxylic acids is 2. The monoisotopic (exact) mass is 352 g/mol. The fourth-order valence-electron chi connectivity index (χ4n) is 3.07. The Morgan fingerprint density at radius 1 is 1.15 bits per heavy atom. The first-order valence-corrected chi connectivity index (χ1v) is 8.73. The number of hydrogen-bond donors (Lipinski definition) is 0. The van der Waals surface area contributed by atoms with Crippen LogP contribution in [-0.4, -0.2) is 31.0 Å². The molecule has 5 nitrogen and oxygen atoms in total. The highest BCUT2D eigenvalue weighted by molar-refractivity contribution is 6.03. The summed E-state index contributed by atoms with van der Waals surface area (Å²) in [6.07, 6.45) is 0.237. The third kappa shape index (κ3) is 3.43. The van der Waals surface area contributed by atoms with Gasteiger partial charge in [0.2, 0.25) is 5.91 Å². The lowest BCUT2D eigenvalue weighted by Gasteiger charge is -2.39. The van der Waals surface area contributed by atoms with Crippen LogP contribution in [0, 0.1) is 6.92 Å². The van der Waals surface area contributed by atoms with Crippen molar-refractivity contribution in [2.45, 2.75) is 32.8 Å². The lowest BCUT2D eigenvalue weighted by molar-refractivity contribution is -0.132. The zero-order valence-corrected chi connectivity index (χ0v) is 15.7. The number of amides is 2. The molecule has 0 spiro atoms. The summed E-state index contributed by atoms with van der Waals surface area (Å²) < 4.78 is 5.85. The summed E-state index contributed by atoms with van der Waals surface area (Å²) >= 11 is 0. The summed E-state index contributed by atoms with van der Waals surface area (Å²) in [6.45, 7) is 5.79. The number of rotatable bonds is 4. The minimum atomic E-state index is -0.948. The maximum Gasteiger partial charge on any atom is 0.270 e. The Bertz CT molecular complexity index is 830. The number of fused-ring (bicyclic) bond motifs is 1. The Balaban J connectivity index is 1.79. The highest BCUT2D eigenvalue weighted by atomic mass is 16.5. The van der Waals surface area contributed by atoms with Crippen LogP contribution >= 0.6 is 0 Å². The Hall–Kier alpha value is -2.82. The number of carbonyl (C=O) groups is 2. The molecule has 0 radical (unpaired) electrons. The Labute approximate surface area is 154 Å². The van der Waals surface area contributed by atoms with E-state index in [1.165, 1.54) is 0 Å². The molecule has 0 atom stereocenters. The van der Waals surface area contributed by atoms with Crippen LogP contribution in [0.3, 0.4) is 0 Å². The molecule has 0 aliphatic carbocycles. The first-order valence-electron chi connectivity index (χ1n) is 8.73. The average Bonchev–Trinajstić information content (AvgIpc) is 2.62. The van der Waals surface area contributed by atoms with Crippen molar-refractivity contribution in [3.05, 3.63) is 54.1 Å². The van der Waals surface area contributed by atoms with Gasteiger partial charge in [0.25, 0.3) is 5.91 Å². The zero-order valence-electron chi connectivity index (χ0n) is 15.7. The van der Waals surface area contributed by atoms with E-state index in [-0.39, 0.29) is 18.2 Å². The third-order valence-corrected chi connectivity index (χ3v) is 4.60. The molecule has 0 unspecified atom stereocenters. The number of anilines is 2. The van der Waals surface area contributed by atoms with Crippen molar-refractivity contribution < 1.29 is 14.3 Å².